The quantitative estimate of drug-likeness (QED) is 0.774. The lowest BCUT2D eigenvalue weighted by atomic mass is 9.52. The van der Waals surface area contributed by atoms with Crippen LogP contribution in [0.1, 0.15) is 56.6 Å². The number of likely N-dealkylation sites (tertiary alicyclic amines) is 1. The Labute approximate surface area is 165 Å². The Morgan fingerprint density at radius 3 is 2.71 bits per heavy atom. The average Bonchev–Trinajstić information content (AvgIpc) is 2.62. The average molecular weight is 407 g/mol. The van der Waals surface area contributed by atoms with Gasteiger partial charge in [-0.1, -0.05) is 13.0 Å². The maximum atomic E-state index is 13.0. The molecule has 2 aliphatic carbocycles. The summed E-state index contributed by atoms with van der Waals surface area (Å²) in [6, 6.07) is 5.30. The van der Waals surface area contributed by atoms with Crippen LogP contribution in [-0.2, 0) is 26.3 Å². The number of piperidine rings is 1. The van der Waals surface area contributed by atoms with E-state index in [1.165, 1.54) is 10.5 Å². The SMILES string of the molecule is CCN1C(=O)CC2C3CCc4cc(OS(N)(=O)=O)ccc4C3CC[C@]2(C)C1=O. The highest BCUT2D eigenvalue weighted by molar-refractivity contribution is 7.84. The highest BCUT2D eigenvalue weighted by atomic mass is 32.2. The second-order valence-electron chi connectivity index (χ2n) is 8.46. The predicted octanol–water partition coefficient (Wildman–Crippen LogP) is 2.11. The van der Waals surface area contributed by atoms with Crippen molar-refractivity contribution in [3.8, 4) is 5.75 Å². The smallest absolute Gasteiger partial charge is 0.371 e. The zero-order valence-corrected chi connectivity index (χ0v) is 17.0. The second kappa shape index (κ2) is 6.56. The lowest BCUT2D eigenvalue weighted by Crippen LogP contribution is -2.59. The number of amides is 2. The molecule has 3 aliphatic rings. The topological polar surface area (TPSA) is 107 Å². The number of nitrogens with two attached hydrogens (primary N) is 1. The number of aryl methyl sites for hydroxylation is 1. The number of rotatable bonds is 3. The summed E-state index contributed by atoms with van der Waals surface area (Å²) in [6.45, 7) is 4.32. The summed E-state index contributed by atoms with van der Waals surface area (Å²) in [5.74, 6) is 0.766. The first-order valence-corrected chi connectivity index (χ1v) is 11.3. The first-order chi connectivity index (χ1) is 13.1. The van der Waals surface area contributed by atoms with E-state index in [2.05, 4.69) is 0 Å². The normalized spacial score (nSPS) is 32.4. The van der Waals surface area contributed by atoms with Crippen LogP contribution in [0.2, 0.25) is 0 Å². The van der Waals surface area contributed by atoms with E-state index in [1.54, 1.807) is 12.1 Å². The van der Waals surface area contributed by atoms with Gasteiger partial charge in [0.25, 0.3) is 0 Å². The van der Waals surface area contributed by atoms with Crippen molar-refractivity contribution in [3.05, 3.63) is 29.3 Å². The molecule has 3 unspecified atom stereocenters. The van der Waals surface area contributed by atoms with E-state index in [9.17, 15) is 18.0 Å². The van der Waals surface area contributed by atoms with Gasteiger partial charge >= 0.3 is 10.3 Å². The van der Waals surface area contributed by atoms with Crippen molar-refractivity contribution in [3.63, 3.8) is 0 Å². The minimum absolute atomic E-state index is 0.0163. The van der Waals surface area contributed by atoms with Crippen molar-refractivity contribution >= 4 is 22.1 Å². The molecule has 1 saturated heterocycles. The van der Waals surface area contributed by atoms with Crippen molar-refractivity contribution in [2.75, 3.05) is 6.54 Å². The molecule has 2 amide bonds. The number of imide groups is 1. The zero-order chi connectivity index (χ0) is 20.3. The largest absolute Gasteiger partial charge is 0.380 e. The molecule has 1 aromatic rings. The van der Waals surface area contributed by atoms with Gasteiger partial charge in [0, 0.05) is 13.0 Å². The van der Waals surface area contributed by atoms with E-state index in [1.807, 2.05) is 19.9 Å². The van der Waals surface area contributed by atoms with Crippen LogP contribution in [0, 0.1) is 17.3 Å². The van der Waals surface area contributed by atoms with Gasteiger partial charge in [-0.15, -0.1) is 0 Å². The Morgan fingerprint density at radius 1 is 1.29 bits per heavy atom. The number of fused-ring (bicyclic) bond motifs is 5. The highest BCUT2D eigenvalue weighted by Gasteiger charge is 2.56. The van der Waals surface area contributed by atoms with Gasteiger partial charge in [-0.2, -0.15) is 13.6 Å². The molecule has 0 spiro atoms. The Morgan fingerprint density at radius 2 is 2.04 bits per heavy atom. The first-order valence-electron chi connectivity index (χ1n) is 9.84. The van der Waals surface area contributed by atoms with Crippen LogP contribution in [-0.4, -0.2) is 31.7 Å². The number of hydrogen-bond donors (Lipinski definition) is 1. The van der Waals surface area contributed by atoms with Crippen molar-refractivity contribution in [1.82, 2.24) is 4.90 Å². The molecular formula is C20H26N2O5S. The Balaban J connectivity index is 1.65. The summed E-state index contributed by atoms with van der Waals surface area (Å²) >= 11 is 0. The monoisotopic (exact) mass is 406 g/mol. The van der Waals surface area contributed by atoms with E-state index < -0.39 is 15.7 Å². The van der Waals surface area contributed by atoms with Gasteiger partial charge in [0.2, 0.25) is 11.8 Å². The minimum atomic E-state index is -4.05. The van der Waals surface area contributed by atoms with Gasteiger partial charge in [-0.05, 0) is 73.6 Å². The lowest BCUT2D eigenvalue weighted by Gasteiger charge is -2.54. The summed E-state index contributed by atoms with van der Waals surface area (Å²) in [4.78, 5) is 27.0. The van der Waals surface area contributed by atoms with E-state index >= 15 is 0 Å². The van der Waals surface area contributed by atoms with Crippen LogP contribution >= 0.6 is 0 Å². The van der Waals surface area contributed by atoms with E-state index in [0.29, 0.717) is 13.0 Å². The Kier molecular flexibility index (Phi) is 4.54. The predicted molar refractivity (Wildman–Crippen MR) is 103 cm³/mol. The zero-order valence-electron chi connectivity index (χ0n) is 16.2. The van der Waals surface area contributed by atoms with Crippen molar-refractivity contribution < 1.29 is 22.2 Å². The third-order valence-corrected chi connectivity index (χ3v) is 7.47. The first kappa shape index (κ1) is 19.4. The van der Waals surface area contributed by atoms with Crippen molar-refractivity contribution in [2.24, 2.45) is 22.4 Å². The molecular weight excluding hydrogens is 380 g/mol. The number of benzene rings is 1. The van der Waals surface area contributed by atoms with Crippen LogP contribution in [0.5, 0.6) is 5.75 Å². The van der Waals surface area contributed by atoms with Gasteiger partial charge in [0.15, 0.2) is 0 Å². The minimum Gasteiger partial charge on any atom is -0.371 e. The maximum Gasteiger partial charge on any atom is 0.380 e. The molecule has 2 N–H and O–H groups in total. The van der Waals surface area contributed by atoms with Gasteiger partial charge in [0.1, 0.15) is 5.75 Å². The molecule has 0 aromatic heterocycles. The molecule has 0 radical (unpaired) electrons. The fraction of sp³-hybridized carbons (Fsp3) is 0.600. The van der Waals surface area contributed by atoms with Crippen LogP contribution in [0.25, 0.3) is 0 Å². The molecule has 4 atom stereocenters. The molecule has 0 bridgehead atoms. The van der Waals surface area contributed by atoms with Crippen molar-refractivity contribution in [2.45, 2.75) is 51.9 Å². The number of carbonyl (C=O) groups is 2. The Hall–Kier alpha value is -1.93. The van der Waals surface area contributed by atoms with Gasteiger partial charge in [-0.3, -0.25) is 14.5 Å². The fourth-order valence-corrected chi connectivity index (χ4v) is 6.12. The van der Waals surface area contributed by atoms with Crippen molar-refractivity contribution in [1.29, 1.82) is 0 Å². The van der Waals surface area contributed by atoms with E-state index in [-0.39, 0.29) is 35.3 Å². The number of carbonyl (C=O) groups excluding carboxylic acids is 2. The maximum absolute atomic E-state index is 13.0. The molecule has 7 nitrogen and oxygen atoms in total. The molecule has 152 valence electrons. The lowest BCUT2D eigenvalue weighted by molar-refractivity contribution is -0.167. The summed E-state index contributed by atoms with van der Waals surface area (Å²) in [7, 11) is -4.05. The molecule has 1 aromatic carbocycles. The van der Waals surface area contributed by atoms with Gasteiger partial charge in [-0.25, -0.2) is 0 Å². The fourth-order valence-electron chi connectivity index (χ4n) is 5.75. The molecule has 2 fully saturated rings. The third-order valence-electron chi connectivity index (χ3n) is 7.05. The number of hydrogen-bond acceptors (Lipinski definition) is 5. The summed E-state index contributed by atoms with van der Waals surface area (Å²) in [6.07, 6.45) is 3.72. The molecule has 28 heavy (non-hydrogen) atoms. The summed E-state index contributed by atoms with van der Waals surface area (Å²) in [5, 5.41) is 4.97. The van der Waals surface area contributed by atoms with Gasteiger partial charge < -0.3 is 4.18 Å². The molecule has 8 heteroatoms. The van der Waals surface area contributed by atoms with Crippen LogP contribution < -0.4 is 9.32 Å². The molecule has 1 saturated carbocycles. The Bertz CT molecular complexity index is 944. The third kappa shape index (κ3) is 3.03. The van der Waals surface area contributed by atoms with E-state index in [0.717, 1.165) is 31.2 Å². The summed E-state index contributed by atoms with van der Waals surface area (Å²) in [5.41, 5.74) is 1.77. The number of nitrogens with zero attached hydrogens (tertiary/aromatic N) is 1. The molecule has 1 aliphatic heterocycles. The van der Waals surface area contributed by atoms with Crippen LogP contribution in [0.3, 0.4) is 0 Å². The standard InChI is InChI=1S/C20H26N2O5S/c1-3-22-18(23)11-17-16-6-4-12-10-13(27-28(21,25)26)5-7-14(12)15(16)8-9-20(17,2)19(22)24/h5,7,10,15-17H,3-4,6,8-9,11H2,1-2H3,(H2,21,25,26)/t15?,16?,17?,20-/m0/s1. The molecule has 4 rings (SSSR count). The van der Waals surface area contributed by atoms with Crippen LogP contribution in [0.15, 0.2) is 18.2 Å². The van der Waals surface area contributed by atoms with E-state index in [4.69, 9.17) is 9.32 Å². The molecule has 1 heterocycles. The second-order valence-corrected chi connectivity index (χ2v) is 9.61. The van der Waals surface area contributed by atoms with Gasteiger partial charge in [0.05, 0.1) is 5.41 Å². The summed E-state index contributed by atoms with van der Waals surface area (Å²) < 4.78 is 27.2. The van der Waals surface area contributed by atoms with Crippen LogP contribution in [0.4, 0.5) is 0 Å². The highest BCUT2D eigenvalue weighted by Crippen LogP contribution is 2.58.